The number of carbonyl (C=O) groups is 1. The second kappa shape index (κ2) is 7.70. The Bertz CT molecular complexity index is 1120. The lowest BCUT2D eigenvalue weighted by atomic mass is 10.1. The fourth-order valence-corrected chi connectivity index (χ4v) is 3.87. The predicted octanol–water partition coefficient (Wildman–Crippen LogP) is 5.23. The number of hydrogen-bond acceptors (Lipinski definition) is 5. The van der Waals surface area contributed by atoms with Crippen molar-refractivity contribution >= 4 is 33.1 Å². The van der Waals surface area contributed by atoms with E-state index in [0.29, 0.717) is 22.7 Å². The van der Waals surface area contributed by atoms with E-state index in [1.807, 2.05) is 42.5 Å². The van der Waals surface area contributed by atoms with Gasteiger partial charge in [-0.2, -0.15) is 0 Å². The number of para-hydroxylation sites is 1. The Morgan fingerprint density at radius 2 is 1.75 bits per heavy atom. The number of rotatable bonds is 5. The number of nitrogens with zero attached hydrogens (tertiary/aromatic N) is 1. The number of anilines is 1. The first-order valence-electron chi connectivity index (χ1n) is 8.67. The zero-order valence-corrected chi connectivity index (χ0v) is 16.2. The number of methoxy groups -OCH3 is 2. The maximum absolute atomic E-state index is 12.7. The molecule has 0 aliphatic heterocycles. The molecule has 0 bridgehead atoms. The van der Waals surface area contributed by atoms with Gasteiger partial charge in [-0.25, -0.2) is 4.98 Å². The van der Waals surface area contributed by atoms with E-state index in [0.717, 1.165) is 20.8 Å². The van der Waals surface area contributed by atoms with Gasteiger partial charge in [-0.1, -0.05) is 24.3 Å². The highest BCUT2D eigenvalue weighted by atomic mass is 32.1. The number of hydrogen-bond donors (Lipinski definition) is 1. The van der Waals surface area contributed by atoms with Crippen LogP contribution in [0.5, 0.6) is 11.5 Å². The van der Waals surface area contributed by atoms with Gasteiger partial charge >= 0.3 is 0 Å². The Labute approximate surface area is 166 Å². The standard InChI is InChI=1S/C22H18N2O3S/c1-26-18-11-10-14(13-19(18)27-2)21(25)23-16-7-5-6-15(12-16)22-24-17-8-3-4-9-20(17)28-22/h3-13H,1-2H3,(H,23,25). The molecular weight excluding hydrogens is 372 g/mol. The quantitative estimate of drug-likeness (QED) is 0.507. The average Bonchev–Trinajstić information content (AvgIpc) is 3.17. The zero-order valence-electron chi connectivity index (χ0n) is 15.4. The van der Waals surface area contributed by atoms with Gasteiger partial charge in [-0.05, 0) is 42.5 Å². The van der Waals surface area contributed by atoms with Gasteiger partial charge < -0.3 is 14.8 Å². The average molecular weight is 390 g/mol. The van der Waals surface area contributed by atoms with E-state index in [1.54, 1.807) is 43.8 Å². The number of aromatic nitrogens is 1. The first-order chi connectivity index (χ1) is 13.7. The predicted molar refractivity (Wildman–Crippen MR) is 113 cm³/mol. The number of fused-ring (bicyclic) bond motifs is 1. The van der Waals surface area contributed by atoms with Gasteiger partial charge in [0.05, 0.1) is 24.4 Å². The molecule has 140 valence electrons. The summed E-state index contributed by atoms with van der Waals surface area (Å²) in [5.41, 5.74) is 3.13. The number of thiazole rings is 1. The van der Waals surface area contributed by atoms with E-state index in [4.69, 9.17) is 9.47 Å². The second-order valence-corrected chi connectivity index (χ2v) is 7.12. The molecule has 3 aromatic carbocycles. The lowest BCUT2D eigenvalue weighted by Gasteiger charge is -2.10. The Kier molecular flexibility index (Phi) is 4.95. The topological polar surface area (TPSA) is 60.5 Å². The fourth-order valence-electron chi connectivity index (χ4n) is 2.91. The van der Waals surface area contributed by atoms with Gasteiger partial charge in [0.15, 0.2) is 11.5 Å². The Balaban J connectivity index is 1.59. The van der Waals surface area contributed by atoms with Crippen molar-refractivity contribution in [3.8, 4) is 22.1 Å². The molecule has 6 heteroatoms. The summed E-state index contributed by atoms with van der Waals surface area (Å²) < 4.78 is 11.6. The highest BCUT2D eigenvalue weighted by Gasteiger charge is 2.12. The van der Waals surface area contributed by atoms with Crippen LogP contribution in [0.2, 0.25) is 0 Å². The maximum atomic E-state index is 12.7. The molecule has 0 radical (unpaired) electrons. The molecule has 0 spiro atoms. The minimum Gasteiger partial charge on any atom is -0.493 e. The number of benzene rings is 3. The molecule has 1 N–H and O–H groups in total. The SMILES string of the molecule is COc1ccc(C(=O)Nc2cccc(-c3nc4ccccc4s3)c2)cc1OC. The van der Waals surface area contributed by atoms with Crippen molar-refractivity contribution in [2.45, 2.75) is 0 Å². The van der Waals surface area contributed by atoms with Crippen LogP contribution in [0.3, 0.4) is 0 Å². The van der Waals surface area contributed by atoms with Gasteiger partial charge in [0, 0.05) is 16.8 Å². The Hall–Kier alpha value is -3.38. The summed E-state index contributed by atoms with van der Waals surface area (Å²) >= 11 is 1.63. The van der Waals surface area contributed by atoms with Crippen LogP contribution < -0.4 is 14.8 Å². The molecule has 4 aromatic rings. The third kappa shape index (κ3) is 3.54. The molecule has 0 saturated carbocycles. The molecule has 1 heterocycles. The molecular formula is C22H18N2O3S. The summed E-state index contributed by atoms with van der Waals surface area (Å²) in [7, 11) is 3.10. The highest BCUT2D eigenvalue weighted by molar-refractivity contribution is 7.21. The molecule has 5 nitrogen and oxygen atoms in total. The summed E-state index contributed by atoms with van der Waals surface area (Å²) in [6.07, 6.45) is 0. The van der Waals surface area contributed by atoms with Crippen molar-refractivity contribution in [3.05, 3.63) is 72.3 Å². The minimum absolute atomic E-state index is 0.220. The first-order valence-corrected chi connectivity index (χ1v) is 9.49. The van der Waals surface area contributed by atoms with E-state index in [1.165, 1.54) is 0 Å². The van der Waals surface area contributed by atoms with E-state index in [2.05, 4.69) is 16.4 Å². The number of ether oxygens (including phenoxy) is 2. The summed E-state index contributed by atoms with van der Waals surface area (Å²) in [4.78, 5) is 17.3. The van der Waals surface area contributed by atoms with Crippen molar-refractivity contribution in [3.63, 3.8) is 0 Å². The number of carbonyl (C=O) groups excluding carboxylic acids is 1. The third-order valence-electron chi connectivity index (χ3n) is 4.31. The van der Waals surface area contributed by atoms with E-state index in [-0.39, 0.29) is 5.91 Å². The summed E-state index contributed by atoms with van der Waals surface area (Å²) in [5, 5.41) is 3.85. The molecule has 0 unspecified atom stereocenters. The van der Waals surface area contributed by atoms with Gasteiger partial charge in [-0.3, -0.25) is 4.79 Å². The molecule has 28 heavy (non-hydrogen) atoms. The first kappa shape index (κ1) is 18.0. The smallest absolute Gasteiger partial charge is 0.255 e. The molecule has 0 saturated heterocycles. The lowest BCUT2D eigenvalue weighted by Crippen LogP contribution is -2.12. The fraction of sp³-hybridized carbons (Fsp3) is 0.0909. The van der Waals surface area contributed by atoms with Crippen LogP contribution in [-0.2, 0) is 0 Å². The van der Waals surface area contributed by atoms with Crippen LogP contribution in [0.15, 0.2) is 66.7 Å². The number of amides is 1. The monoisotopic (exact) mass is 390 g/mol. The van der Waals surface area contributed by atoms with Crippen LogP contribution in [-0.4, -0.2) is 25.1 Å². The van der Waals surface area contributed by atoms with E-state index in [9.17, 15) is 4.79 Å². The highest BCUT2D eigenvalue weighted by Crippen LogP contribution is 2.32. The van der Waals surface area contributed by atoms with Gasteiger partial charge in [0.25, 0.3) is 5.91 Å². The Morgan fingerprint density at radius 1 is 0.929 bits per heavy atom. The largest absolute Gasteiger partial charge is 0.493 e. The lowest BCUT2D eigenvalue weighted by molar-refractivity contribution is 0.102. The van der Waals surface area contributed by atoms with Crippen molar-refractivity contribution < 1.29 is 14.3 Å². The molecule has 0 atom stereocenters. The molecule has 1 amide bonds. The van der Waals surface area contributed by atoms with Gasteiger partial charge in [0.1, 0.15) is 5.01 Å². The maximum Gasteiger partial charge on any atom is 0.255 e. The second-order valence-electron chi connectivity index (χ2n) is 6.09. The normalized spacial score (nSPS) is 10.6. The molecule has 0 aliphatic rings. The Morgan fingerprint density at radius 3 is 2.54 bits per heavy atom. The minimum atomic E-state index is -0.220. The van der Waals surface area contributed by atoms with E-state index >= 15 is 0 Å². The van der Waals surface area contributed by atoms with Gasteiger partial charge in [0.2, 0.25) is 0 Å². The van der Waals surface area contributed by atoms with Crippen LogP contribution >= 0.6 is 11.3 Å². The molecule has 0 fully saturated rings. The summed E-state index contributed by atoms with van der Waals surface area (Å²) in [6, 6.07) is 20.8. The number of nitrogens with one attached hydrogen (secondary N) is 1. The van der Waals surface area contributed by atoms with Crippen LogP contribution in [0.25, 0.3) is 20.8 Å². The third-order valence-corrected chi connectivity index (χ3v) is 5.39. The van der Waals surface area contributed by atoms with Crippen LogP contribution in [0.1, 0.15) is 10.4 Å². The zero-order chi connectivity index (χ0) is 19.5. The molecule has 0 aliphatic carbocycles. The van der Waals surface area contributed by atoms with E-state index < -0.39 is 0 Å². The summed E-state index contributed by atoms with van der Waals surface area (Å²) in [6.45, 7) is 0. The van der Waals surface area contributed by atoms with Crippen molar-refractivity contribution in [2.24, 2.45) is 0 Å². The molecule has 1 aromatic heterocycles. The summed E-state index contributed by atoms with van der Waals surface area (Å²) in [5.74, 6) is 0.873. The van der Waals surface area contributed by atoms with Gasteiger partial charge in [-0.15, -0.1) is 11.3 Å². The van der Waals surface area contributed by atoms with Crippen molar-refractivity contribution in [1.29, 1.82) is 0 Å². The van der Waals surface area contributed by atoms with Crippen LogP contribution in [0, 0.1) is 0 Å². The van der Waals surface area contributed by atoms with Crippen molar-refractivity contribution in [2.75, 3.05) is 19.5 Å². The molecule has 4 rings (SSSR count). The van der Waals surface area contributed by atoms with Crippen molar-refractivity contribution in [1.82, 2.24) is 4.98 Å². The van der Waals surface area contributed by atoms with Crippen LogP contribution in [0.4, 0.5) is 5.69 Å².